The van der Waals surface area contributed by atoms with Crippen molar-refractivity contribution in [1.29, 1.82) is 0 Å². The van der Waals surface area contributed by atoms with Crippen LogP contribution >= 0.6 is 0 Å². The molecule has 1 fully saturated rings. The molecule has 3 rings (SSSR count). The zero-order valence-electron chi connectivity index (χ0n) is 17.5. The van der Waals surface area contributed by atoms with Gasteiger partial charge in [0, 0.05) is 46.3 Å². The van der Waals surface area contributed by atoms with Crippen LogP contribution in [0.2, 0.25) is 0 Å². The minimum atomic E-state index is 0.512. The largest absolute Gasteiger partial charge is 0.444 e. The second kappa shape index (κ2) is 9.71. The SMILES string of the molecule is CN=C(NCc1ccc(CN2CCN(C)CC2)cc1)NCc1nc(C)c(C)o1. The van der Waals surface area contributed by atoms with Crippen LogP contribution in [-0.2, 0) is 19.6 Å². The molecule has 28 heavy (non-hydrogen) atoms. The third kappa shape index (κ3) is 5.81. The minimum Gasteiger partial charge on any atom is -0.444 e. The lowest BCUT2D eigenvalue weighted by Gasteiger charge is -2.32. The van der Waals surface area contributed by atoms with Crippen LogP contribution in [0.4, 0.5) is 0 Å². The monoisotopic (exact) mass is 384 g/mol. The van der Waals surface area contributed by atoms with E-state index in [1.807, 2.05) is 13.8 Å². The predicted molar refractivity (Wildman–Crippen MR) is 112 cm³/mol. The molecule has 2 aromatic rings. The van der Waals surface area contributed by atoms with Gasteiger partial charge in [-0.2, -0.15) is 0 Å². The Morgan fingerprint density at radius 3 is 2.29 bits per heavy atom. The van der Waals surface area contributed by atoms with Gasteiger partial charge in [-0.25, -0.2) is 4.98 Å². The quantitative estimate of drug-likeness (QED) is 0.586. The maximum absolute atomic E-state index is 5.59. The number of hydrogen-bond donors (Lipinski definition) is 2. The van der Waals surface area contributed by atoms with Gasteiger partial charge >= 0.3 is 0 Å². The molecule has 1 aliphatic rings. The second-order valence-electron chi connectivity index (χ2n) is 7.42. The third-order valence-corrected chi connectivity index (χ3v) is 5.19. The fourth-order valence-electron chi connectivity index (χ4n) is 3.21. The van der Waals surface area contributed by atoms with Crippen molar-refractivity contribution < 1.29 is 4.42 Å². The number of rotatable bonds is 6. The number of aromatic nitrogens is 1. The van der Waals surface area contributed by atoms with E-state index in [4.69, 9.17) is 4.42 Å². The fourth-order valence-corrected chi connectivity index (χ4v) is 3.21. The summed E-state index contributed by atoms with van der Waals surface area (Å²) in [7, 11) is 3.95. The maximum atomic E-state index is 5.59. The topological polar surface area (TPSA) is 68.9 Å². The maximum Gasteiger partial charge on any atom is 0.214 e. The molecule has 0 atom stereocenters. The van der Waals surface area contributed by atoms with E-state index < -0.39 is 0 Å². The summed E-state index contributed by atoms with van der Waals surface area (Å²) in [5.41, 5.74) is 3.52. The zero-order valence-corrected chi connectivity index (χ0v) is 17.5. The Morgan fingerprint density at radius 1 is 1.04 bits per heavy atom. The summed E-state index contributed by atoms with van der Waals surface area (Å²) in [6, 6.07) is 8.83. The van der Waals surface area contributed by atoms with E-state index in [2.05, 4.69) is 61.7 Å². The van der Waals surface area contributed by atoms with Crippen molar-refractivity contribution in [3.63, 3.8) is 0 Å². The molecular weight excluding hydrogens is 352 g/mol. The van der Waals surface area contributed by atoms with Gasteiger partial charge < -0.3 is 20.0 Å². The highest BCUT2D eigenvalue weighted by Crippen LogP contribution is 2.10. The predicted octanol–water partition coefficient (Wildman–Crippen LogP) is 1.90. The Morgan fingerprint density at radius 2 is 1.68 bits per heavy atom. The number of guanidine groups is 1. The second-order valence-corrected chi connectivity index (χ2v) is 7.42. The van der Waals surface area contributed by atoms with Gasteiger partial charge in [0.2, 0.25) is 5.89 Å². The van der Waals surface area contributed by atoms with Crippen LogP contribution < -0.4 is 10.6 Å². The van der Waals surface area contributed by atoms with Gasteiger partial charge in [-0.15, -0.1) is 0 Å². The third-order valence-electron chi connectivity index (χ3n) is 5.19. The lowest BCUT2D eigenvalue weighted by atomic mass is 10.1. The van der Waals surface area contributed by atoms with E-state index >= 15 is 0 Å². The first kappa shape index (κ1) is 20.4. The standard InChI is InChI=1S/C21H32N6O/c1-16-17(2)28-20(25-16)14-24-21(22-3)23-13-18-5-7-19(8-6-18)15-27-11-9-26(4)10-12-27/h5-8H,9-15H2,1-4H3,(H2,22,23,24). The van der Waals surface area contributed by atoms with E-state index in [-0.39, 0.29) is 0 Å². The van der Waals surface area contributed by atoms with Crippen molar-refractivity contribution in [3.05, 3.63) is 52.7 Å². The number of piperazine rings is 1. The molecule has 1 aromatic carbocycles. The highest BCUT2D eigenvalue weighted by molar-refractivity contribution is 5.79. The van der Waals surface area contributed by atoms with E-state index in [1.54, 1.807) is 7.05 Å². The van der Waals surface area contributed by atoms with Crippen LogP contribution in [0.1, 0.15) is 28.5 Å². The Labute approximate surface area is 167 Å². The van der Waals surface area contributed by atoms with Gasteiger partial charge in [-0.05, 0) is 32.0 Å². The Bertz CT molecular complexity index is 755. The molecule has 152 valence electrons. The molecule has 0 radical (unpaired) electrons. The summed E-state index contributed by atoms with van der Waals surface area (Å²) in [4.78, 5) is 13.5. The Balaban J connectivity index is 1.44. The molecule has 0 bridgehead atoms. The first-order chi connectivity index (χ1) is 13.5. The molecule has 0 spiro atoms. The zero-order chi connectivity index (χ0) is 19.9. The van der Waals surface area contributed by atoms with Gasteiger partial charge in [-0.3, -0.25) is 9.89 Å². The summed E-state index contributed by atoms with van der Waals surface area (Å²) in [5.74, 6) is 2.26. The molecule has 2 heterocycles. The van der Waals surface area contributed by atoms with E-state index in [1.165, 1.54) is 11.1 Å². The van der Waals surface area contributed by atoms with Crippen molar-refractivity contribution in [2.75, 3.05) is 40.3 Å². The Kier molecular flexibility index (Phi) is 7.06. The van der Waals surface area contributed by atoms with Crippen molar-refractivity contribution in [1.82, 2.24) is 25.4 Å². The molecule has 2 N–H and O–H groups in total. The van der Waals surface area contributed by atoms with Crippen LogP contribution in [0, 0.1) is 13.8 Å². The number of aryl methyl sites for hydroxylation is 2. The van der Waals surface area contributed by atoms with Crippen molar-refractivity contribution in [2.45, 2.75) is 33.5 Å². The first-order valence-electron chi connectivity index (χ1n) is 9.89. The van der Waals surface area contributed by atoms with E-state index in [0.29, 0.717) is 12.4 Å². The summed E-state index contributed by atoms with van der Waals surface area (Å²) >= 11 is 0. The van der Waals surface area contributed by atoms with Gasteiger partial charge in [-0.1, -0.05) is 24.3 Å². The smallest absolute Gasteiger partial charge is 0.214 e. The lowest BCUT2D eigenvalue weighted by molar-refractivity contribution is 0.148. The van der Waals surface area contributed by atoms with Crippen LogP contribution in [0.25, 0.3) is 0 Å². The molecule has 1 saturated heterocycles. The summed E-state index contributed by atoms with van der Waals surface area (Å²) in [6.45, 7) is 10.7. The van der Waals surface area contributed by atoms with Crippen LogP contribution in [0.15, 0.2) is 33.7 Å². The van der Waals surface area contributed by atoms with Crippen molar-refractivity contribution >= 4 is 5.96 Å². The summed E-state index contributed by atoms with van der Waals surface area (Å²) < 4.78 is 5.59. The van der Waals surface area contributed by atoms with Crippen molar-refractivity contribution in [2.24, 2.45) is 4.99 Å². The number of likely N-dealkylation sites (N-methyl/N-ethyl adjacent to an activating group) is 1. The molecule has 0 amide bonds. The normalized spacial score (nSPS) is 16.4. The number of nitrogens with zero attached hydrogens (tertiary/aromatic N) is 4. The molecule has 1 aromatic heterocycles. The fraction of sp³-hybridized carbons (Fsp3) is 0.524. The van der Waals surface area contributed by atoms with Gasteiger partial charge in [0.15, 0.2) is 5.96 Å². The van der Waals surface area contributed by atoms with E-state index in [9.17, 15) is 0 Å². The molecule has 0 aliphatic carbocycles. The molecule has 0 unspecified atom stereocenters. The number of nitrogens with one attached hydrogen (secondary N) is 2. The number of benzene rings is 1. The average molecular weight is 385 g/mol. The number of hydrogen-bond acceptors (Lipinski definition) is 5. The molecule has 7 nitrogen and oxygen atoms in total. The highest BCUT2D eigenvalue weighted by atomic mass is 16.4. The molecule has 1 aliphatic heterocycles. The van der Waals surface area contributed by atoms with Crippen LogP contribution in [-0.4, -0.2) is 61.0 Å². The molecule has 0 saturated carbocycles. The molecular formula is C21H32N6O. The first-order valence-corrected chi connectivity index (χ1v) is 9.89. The Hall–Kier alpha value is -2.38. The van der Waals surface area contributed by atoms with Gasteiger partial charge in [0.1, 0.15) is 5.76 Å². The van der Waals surface area contributed by atoms with E-state index in [0.717, 1.165) is 56.7 Å². The summed E-state index contributed by atoms with van der Waals surface area (Å²) in [6.07, 6.45) is 0. The van der Waals surface area contributed by atoms with Crippen molar-refractivity contribution in [3.8, 4) is 0 Å². The molecule has 7 heteroatoms. The minimum absolute atomic E-state index is 0.512. The van der Waals surface area contributed by atoms with Crippen LogP contribution in [0.5, 0.6) is 0 Å². The summed E-state index contributed by atoms with van der Waals surface area (Å²) in [5, 5.41) is 6.57. The highest BCUT2D eigenvalue weighted by Gasteiger charge is 2.13. The lowest BCUT2D eigenvalue weighted by Crippen LogP contribution is -2.43. The number of oxazole rings is 1. The van der Waals surface area contributed by atoms with Gasteiger partial charge in [0.05, 0.1) is 12.2 Å². The van der Waals surface area contributed by atoms with Gasteiger partial charge in [0.25, 0.3) is 0 Å². The van der Waals surface area contributed by atoms with Crippen LogP contribution in [0.3, 0.4) is 0 Å². The number of aliphatic imine (C=N–C) groups is 1. The average Bonchev–Trinajstić information content (AvgIpc) is 3.02.